The molecule has 0 aliphatic carbocycles. The SMILES string of the molecule is CCCCCCCCCC(CCCCc1cc(F)cc(F)c1)OC(OCC)OCC. The second kappa shape index (κ2) is 17.6. The van der Waals surface area contributed by atoms with E-state index in [9.17, 15) is 8.78 Å². The molecule has 30 heavy (non-hydrogen) atoms. The first-order valence-corrected chi connectivity index (χ1v) is 11.9. The number of hydrogen-bond donors (Lipinski definition) is 0. The maximum absolute atomic E-state index is 13.3. The minimum absolute atomic E-state index is 0.0768. The molecule has 0 N–H and O–H groups in total. The van der Waals surface area contributed by atoms with Gasteiger partial charge < -0.3 is 14.2 Å². The van der Waals surface area contributed by atoms with Crippen LogP contribution in [0.25, 0.3) is 0 Å². The summed E-state index contributed by atoms with van der Waals surface area (Å²) in [6.07, 6.45) is 13.3. The molecule has 1 aromatic rings. The van der Waals surface area contributed by atoms with Crippen molar-refractivity contribution in [3.05, 3.63) is 35.4 Å². The van der Waals surface area contributed by atoms with Gasteiger partial charge in [0.05, 0.1) is 6.10 Å². The number of hydrogen-bond acceptors (Lipinski definition) is 3. The van der Waals surface area contributed by atoms with Gasteiger partial charge in [-0.2, -0.15) is 0 Å². The molecule has 5 heteroatoms. The van der Waals surface area contributed by atoms with Crippen LogP contribution in [-0.4, -0.2) is 25.8 Å². The molecule has 1 unspecified atom stereocenters. The van der Waals surface area contributed by atoms with Crippen molar-refractivity contribution in [3.8, 4) is 0 Å². The summed E-state index contributed by atoms with van der Waals surface area (Å²) in [5.74, 6) is -1.03. The van der Waals surface area contributed by atoms with Gasteiger partial charge in [0, 0.05) is 19.3 Å². The number of ether oxygens (including phenoxy) is 3. The molecule has 0 aliphatic heterocycles. The molecule has 0 spiro atoms. The average Bonchev–Trinajstić information content (AvgIpc) is 2.70. The summed E-state index contributed by atoms with van der Waals surface area (Å²) in [6.45, 7) is 6.56. The van der Waals surface area contributed by atoms with Crippen molar-refractivity contribution in [1.29, 1.82) is 0 Å². The van der Waals surface area contributed by atoms with E-state index in [1.165, 1.54) is 50.7 Å². The Morgan fingerprint density at radius 2 is 1.23 bits per heavy atom. The van der Waals surface area contributed by atoms with Crippen LogP contribution in [0, 0.1) is 11.6 Å². The fourth-order valence-electron chi connectivity index (χ4n) is 3.62. The van der Waals surface area contributed by atoms with Crippen LogP contribution < -0.4 is 0 Å². The molecule has 0 heterocycles. The zero-order chi connectivity index (χ0) is 22.0. The van der Waals surface area contributed by atoms with Crippen molar-refractivity contribution in [2.24, 2.45) is 0 Å². The zero-order valence-corrected chi connectivity index (χ0v) is 19.3. The summed E-state index contributed by atoms with van der Waals surface area (Å²) in [7, 11) is 0. The zero-order valence-electron chi connectivity index (χ0n) is 19.3. The lowest BCUT2D eigenvalue weighted by Crippen LogP contribution is -2.27. The normalized spacial score (nSPS) is 12.6. The Hall–Kier alpha value is -1.04. The van der Waals surface area contributed by atoms with Gasteiger partial charge in [-0.3, -0.25) is 0 Å². The minimum Gasteiger partial charge on any atom is -0.330 e. The van der Waals surface area contributed by atoms with Crippen LogP contribution in [0.1, 0.15) is 97.0 Å². The van der Waals surface area contributed by atoms with Gasteiger partial charge in [0.15, 0.2) is 0 Å². The monoisotopic (exact) mass is 428 g/mol. The number of aryl methyl sites for hydroxylation is 1. The number of rotatable bonds is 19. The first-order chi connectivity index (χ1) is 14.6. The number of benzene rings is 1. The van der Waals surface area contributed by atoms with Crippen molar-refractivity contribution in [3.63, 3.8) is 0 Å². The van der Waals surface area contributed by atoms with E-state index in [0.717, 1.165) is 38.2 Å². The second-order valence-electron chi connectivity index (χ2n) is 7.89. The third-order valence-electron chi connectivity index (χ3n) is 5.20. The summed E-state index contributed by atoms with van der Waals surface area (Å²) in [5.41, 5.74) is 0.707. The topological polar surface area (TPSA) is 27.7 Å². The summed E-state index contributed by atoms with van der Waals surface area (Å²) in [6, 6.07) is 3.74. The van der Waals surface area contributed by atoms with E-state index in [2.05, 4.69) is 6.92 Å². The van der Waals surface area contributed by atoms with E-state index >= 15 is 0 Å². The first kappa shape index (κ1) is 27.0. The minimum atomic E-state index is -0.619. The Morgan fingerprint density at radius 1 is 0.700 bits per heavy atom. The van der Waals surface area contributed by atoms with Crippen LogP contribution >= 0.6 is 0 Å². The van der Waals surface area contributed by atoms with Gasteiger partial charge in [0.1, 0.15) is 11.6 Å². The molecular formula is C25H42F2O3. The molecule has 174 valence electrons. The van der Waals surface area contributed by atoms with Crippen LogP contribution in [0.5, 0.6) is 0 Å². The van der Waals surface area contributed by atoms with Crippen LogP contribution in [0.2, 0.25) is 0 Å². The maximum atomic E-state index is 13.3. The highest BCUT2D eigenvalue weighted by molar-refractivity contribution is 5.17. The molecule has 0 fully saturated rings. The van der Waals surface area contributed by atoms with Gasteiger partial charge in [-0.1, -0.05) is 58.3 Å². The maximum Gasteiger partial charge on any atom is 0.271 e. The van der Waals surface area contributed by atoms with Gasteiger partial charge >= 0.3 is 0 Å². The molecule has 0 saturated heterocycles. The van der Waals surface area contributed by atoms with Crippen LogP contribution in [0.3, 0.4) is 0 Å². The highest BCUT2D eigenvalue weighted by Crippen LogP contribution is 2.19. The van der Waals surface area contributed by atoms with E-state index in [-0.39, 0.29) is 6.10 Å². The summed E-state index contributed by atoms with van der Waals surface area (Å²) in [4.78, 5) is 0. The summed E-state index contributed by atoms with van der Waals surface area (Å²) in [5, 5.41) is 0. The van der Waals surface area contributed by atoms with Crippen molar-refractivity contribution in [1.82, 2.24) is 0 Å². The third kappa shape index (κ3) is 13.3. The Labute approximate surface area is 182 Å². The van der Waals surface area contributed by atoms with Crippen LogP contribution in [0.15, 0.2) is 18.2 Å². The van der Waals surface area contributed by atoms with E-state index in [1.54, 1.807) is 0 Å². The molecule has 3 nitrogen and oxygen atoms in total. The smallest absolute Gasteiger partial charge is 0.271 e. The molecule has 1 atom stereocenters. The number of halogens is 2. The lowest BCUT2D eigenvalue weighted by atomic mass is 10.0. The fourth-order valence-corrected chi connectivity index (χ4v) is 3.62. The molecule has 0 aliphatic rings. The molecule has 1 aromatic carbocycles. The molecule has 0 radical (unpaired) electrons. The Kier molecular flexibility index (Phi) is 15.9. The van der Waals surface area contributed by atoms with Gasteiger partial charge in [0.2, 0.25) is 0 Å². The molecule has 0 aromatic heterocycles. The Balaban J connectivity index is 2.42. The largest absolute Gasteiger partial charge is 0.330 e. The predicted molar refractivity (Wildman–Crippen MR) is 118 cm³/mol. The lowest BCUT2D eigenvalue weighted by molar-refractivity contribution is -0.302. The van der Waals surface area contributed by atoms with Crippen LogP contribution in [0.4, 0.5) is 8.78 Å². The van der Waals surface area contributed by atoms with Gasteiger partial charge in [-0.05, 0) is 57.2 Å². The average molecular weight is 429 g/mol. The molecule has 0 amide bonds. The third-order valence-corrected chi connectivity index (χ3v) is 5.20. The summed E-state index contributed by atoms with van der Waals surface area (Å²) < 4.78 is 43.9. The fraction of sp³-hybridized carbons (Fsp3) is 0.760. The molecule has 0 saturated carbocycles. The quantitative estimate of drug-likeness (QED) is 0.168. The van der Waals surface area contributed by atoms with Crippen molar-refractivity contribution >= 4 is 0 Å². The first-order valence-electron chi connectivity index (χ1n) is 11.9. The standard InChI is InChI=1S/C25H42F2O3/c1-4-7-8-9-10-11-12-16-24(30-25(28-5-2)29-6-3)17-14-13-15-21-18-22(26)20-23(27)19-21/h18-20,24-25H,4-17H2,1-3H3. The van der Waals surface area contributed by atoms with Crippen molar-refractivity contribution in [2.45, 2.75) is 110 Å². The summed E-state index contributed by atoms with van der Waals surface area (Å²) >= 11 is 0. The Morgan fingerprint density at radius 3 is 1.80 bits per heavy atom. The van der Waals surface area contributed by atoms with E-state index in [4.69, 9.17) is 14.2 Å². The van der Waals surface area contributed by atoms with E-state index in [0.29, 0.717) is 25.2 Å². The highest BCUT2D eigenvalue weighted by Gasteiger charge is 2.17. The van der Waals surface area contributed by atoms with Gasteiger partial charge in [-0.25, -0.2) is 8.78 Å². The molecule has 0 bridgehead atoms. The molecule has 1 rings (SSSR count). The molecular weight excluding hydrogens is 386 g/mol. The van der Waals surface area contributed by atoms with Gasteiger partial charge in [-0.15, -0.1) is 0 Å². The predicted octanol–water partition coefficient (Wildman–Crippen LogP) is 7.56. The van der Waals surface area contributed by atoms with E-state index < -0.39 is 18.1 Å². The lowest BCUT2D eigenvalue weighted by Gasteiger charge is -2.24. The van der Waals surface area contributed by atoms with Crippen molar-refractivity contribution < 1.29 is 23.0 Å². The number of unbranched alkanes of at least 4 members (excludes halogenated alkanes) is 7. The second-order valence-corrected chi connectivity index (χ2v) is 7.89. The van der Waals surface area contributed by atoms with E-state index in [1.807, 2.05) is 13.8 Å². The Bertz CT molecular complexity index is 513. The highest BCUT2D eigenvalue weighted by atomic mass is 19.1. The van der Waals surface area contributed by atoms with Crippen LogP contribution in [-0.2, 0) is 20.6 Å². The van der Waals surface area contributed by atoms with Crippen molar-refractivity contribution in [2.75, 3.05) is 13.2 Å². The van der Waals surface area contributed by atoms with Gasteiger partial charge in [0.25, 0.3) is 6.48 Å².